The van der Waals surface area contributed by atoms with E-state index in [-0.39, 0.29) is 30.4 Å². The van der Waals surface area contributed by atoms with Crippen LogP contribution in [-0.4, -0.2) is 72.3 Å². The third-order valence-electron chi connectivity index (χ3n) is 6.22. The SMILES string of the molecule is CN(C)CC(=O)Nc1cc(Cl)ccc1/C=C/C(=O)N1C2CCC1CN(Cc1ccccc1)C2. The van der Waals surface area contributed by atoms with Crippen LogP contribution in [0.5, 0.6) is 0 Å². The summed E-state index contributed by atoms with van der Waals surface area (Å²) in [5, 5.41) is 3.43. The standard InChI is InChI=1S/C26H31ClN4O2/c1-29(2)18-25(32)28-24-14-21(27)10-8-20(24)9-13-26(33)31-22-11-12-23(31)17-30(16-22)15-19-6-4-3-5-7-19/h3-10,13-14,22-23H,11-12,15-18H2,1-2H3,(H,28,32)/b13-9+. The minimum absolute atomic E-state index is 0.0300. The molecule has 2 aliphatic heterocycles. The van der Waals surface area contributed by atoms with Gasteiger partial charge in [-0.2, -0.15) is 0 Å². The molecule has 6 nitrogen and oxygen atoms in total. The number of likely N-dealkylation sites (tertiary alicyclic amines) is 1. The fraction of sp³-hybridized carbons (Fsp3) is 0.385. The van der Waals surface area contributed by atoms with Crippen molar-refractivity contribution in [2.75, 3.05) is 39.0 Å². The van der Waals surface area contributed by atoms with Gasteiger partial charge in [0.25, 0.3) is 0 Å². The summed E-state index contributed by atoms with van der Waals surface area (Å²) in [6.07, 6.45) is 5.49. The minimum atomic E-state index is -0.129. The van der Waals surface area contributed by atoms with Gasteiger partial charge in [-0.1, -0.05) is 48.0 Å². The second-order valence-corrected chi connectivity index (χ2v) is 9.60. The maximum Gasteiger partial charge on any atom is 0.247 e. The number of likely N-dealkylation sites (N-methyl/N-ethyl adjacent to an activating group) is 1. The van der Waals surface area contributed by atoms with Gasteiger partial charge in [-0.3, -0.25) is 14.5 Å². The van der Waals surface area contributed by atoms with Crippen molar-refractivity contribution in [2.24, 2.45) is 0 Å². The van der Waals surface area contributed by atoms with E-state index < -0.39 is 0 Å². The highest BCUT2D eigenvalue weighted by Crippen LogP contribution is 2.31. The lowest BCUT2D eigenvalue weighted by Gasteiger charge is -2.40. The number of fused-ring (bicyclic) bond motifs is 2. The predicted molar refractivity (Wildman–Crippen MR) is 133 cm³/mol. The Labute approximate surface area is 200 Å². The predicted octanol–water partition coefficient (Wildman–Crippen LogP) is 3.73. The smallest absolute Gasteiger partial charge is 0.247 e. The lowest BCUT2D eigenvalue weighted by atomic mass is 10.1. The Morgan fingerprint density at radius 1 is 1.09 bits per heavy atom. The van der Waals surface area contributed by atoms with Crippen LogP contribution in [0.1, 0.15) is 24.0 Å². The number of amides is 2. The second-order valence-electron chi connectivity index (χ2n) is 9.16. The number of rotatable bonds is 7. The summed E-state index contributed by atoms with van der Waals surface area (Å²) in [5.74, 6) is -0.0989. The first-order chi connectivity index (χ1) is 15.9. The summed E-state index contributed by atoms with van der Waals surface area (Å²) in [6.45, 7) is 2.99. The molecule has 2 unspecified atom stereocenters. The van der Waals surface area contributed by atoms with Gasteiger partial charge in [-0.05, 0) is 56.3 Å². The number of hydrogen-bond acceptors (Lipinski definition) is 4. The molecule has 0 saturated carbocycles. The molecule has 2 aromatic rings. The molecule has 2 fully saturated rings. The number of hydrogen-bond donors (Lipinski definition) is 1. The average Bonchev–Trinajstić information content (AvgIpc) is 3.03. The largest absolute Gasteiger partial charge is 0.331 e. The zero-order chi connectivity index (χ0) is 23.4. The van der Waals surface area contributed by atoms with E-state index in [0.29, 0.717) is 10.7 Å². The van der Waals surface area contributed by atoms with Crippen molar-refractivity contribution in [3.63, 3.8) is 0 Å². The van der Waals surface area contributed by atoms with Gasteiger partial charge in [0.15, 0.2) is 0 Å². The summed E-state index contributed by atoms with van der Waals surface area (Å²) in [4.78, 5) is 31.7. The van der Waals surface area contributed by atoms with E-state index in [1.807, 2.05) is 26.2 Å². The number of benzene rings is 2. The Balaban J connectivity index is 1.42. The molecule has 0 spiro atoms. The van der Waals surface area contributed by atoms with Crippen LogP contribution in [0, 0.1) is 0 Å². The fourth-order valence-corrected chi connectivity index (χ4v) is 5.00. The van der Waals surface area contributed by atoms with E-state index in [9.17, 15) is 9.59 Å². The lowest BCUT2D eigenvalue weighted by molar-refractivity contribution is -0.131. The Hall–Kier alpha value is -2.67. The normalized spacial score (nSPS) is 20.5. The monoisotopic (exact) mass is 466 g/mol. The van der Waals surface area contributed by atoms with E-state index >= 15 is 0 Å². The Morgan fingerprint density at radius 2 is 1.79 bits per heavy atom. The molecule has 7 heteroatoms. The van der Waals surface area contributed by atoms with Gasteiger partial charge in [0.2, 0.25) is 11.8 Å². The van der Waals surface area contributed by atoms with E-state index in [2.05, 4.69) is 39.4 Å². The highest BCUT2D eigenvalue weighted by molar-refractivity contribution is 6.31. The molecule has 4 rings (SSSR count). The highest BCUT2D eigenvalue weighted by Gasteiger charge is 2.41. The van der Waals surface area contributed by atoms with E-state index in [1.54, 1.807) is 29.2 Å². The molecular formula is C26H31ClN4O2. The highest BCUT2D eigenvalue weighted by atomic mass is 35.5. The van der Waals surface area contributed by atoms with Crippen LogP contribution in [0.3, 0.4) is 0 Å². The summed E-state index contributed by atoms with van der Waals surface area (Å²) in [7, 11) is 3.68. The van der Waals surface area contributed by atoms with Crippen molar-refractivity contribution in [1.29, 1.82) is 0 Å². The molecule has 2 amide bonds. The maximum atomic E-state index is 13.1. The van der Waals surface area contributed by atoms with Gasteiger partial charge < -0.3 is 15.1 Å². The topological polar surface area (TPSA) is 55.9 Å². The number of anilines is 1. The first-order valence-corrected chi connectivity index (χ1v) is 11.8. The van der Waals surface area contributed by atoms with Crippen LogP contribution in [0.4, 0.5) is 5.69 Å². The van der Waals surface area contributed by atoms with Gasteiger partial charge in [0.05, 0.1) is 6.54 Å². The first-order valence-electron chi connectivity index (χ1n) is 11.4. The third kappa shape index (κ3) is 6.02. The van der Waals surface area contributed by atoms with Crippen molar-refractivity contribution in [2.45, 2.75) is 31.5 Å². The van der Waals surface area contributed by atoms with Gasteiger partial charge in [-0.15, -0.1) is 0 Å². The molecular weight excluding hydrogens is 436 g/mol. The van der Waals surface area contributed by atoms with Gasteiger partial charge >= 0.3 is 0 Å². The van der Waals surface area contributed by atoms with Gasteiger partial charge in [0.1, 0.15) is 0 Å². The van der Waals surface area contributed by atoms with Crippen LogP contribution < -0.4 is 5.32 Å². The minimum Gasteiger partial charge on any atom is -0.331 e. The molecule has 2 bridgehead atoms. The molecule has 2 aromatic carbocycles. The summed E-state index contributed by atoms with van der Waals surface area (Å²) in [6, 6.07) is 16.3. The molecule has 2 atom stereocenters. The second kappa shape index (κ2) is 10.5. The van der Waals surface area contributed by atoms with E-state index in [4.69, 9.17) is 11.6 Å². The Morgan fingerprint density at radius 3 is 2.45 bits per heavy atom. The summed E-state index contributed by atoms with van der Waals surface area (Å²) < 4.78 is 0. The summed E-state index contributed by atoms with van der Waals surface area (Å²) >= 11 is 6.14. The molecule has 1 N–H and O–H groups in total. The van der Waals surface area contributed by atoms with Crippen LogP contribution in [0.15, 0.2) is 54.6 Å². The quantitative estimate of drug-likeness (QED) is 0.632. The van der Waals surface area contributed by atoms with Crippen LogP contribution >= 0.6 is 11.6 Å². The van der Waals surface area contributed by atoms with E-state index in [0.717, 1.165) is 38.0 Å². The molecule has 0 aliphatic carbocycles. The molecule has 0 radical (unpaired) electrons. The average molecular weight is 467 g/mol. The van der Waals surface area contributed by atoms with Crippen molar-refractivity contribution in [1.82, 2.24) is 14.7 Å². The number of halogens is 1. The van der Waals surface area contributed by atoms with Crippen LogP contribution in [0.2, 0.25) is 5.02 Å². The zero-order valence-electron chi connectivity index (χ0n) is 19.2. The van der Waals surface area contributed by atoms with Crippen molar-refractivity contribution >= 4 is 35.2 Å². The lowest BCUT2D eigenvalue weighted by Crippen LogP contribution is -2.55. The zero-order valence-corrected chi connectivity index (χ0v) is 20.0. The Kier molecular flexibility index (Phi) is 7.48. The molecule has 2 saturated heterocycles. The number of nitrogens with one attached hydrogen (secondary N) is 1. The maximum absolute atomic E-state index is 13.1. The van der Waals surface area contributed by atoms with Crippen molar-refractivity contribution in [3.8, 4) is 0 Å². The van der Waals surface area contributed by atoms with Gasteiger partial charge in [-0.25, -0.2) is 0 Å². The number of carbonyl (C=O) groups is 2. The molecule has 2 heterocycles. The number of carbonyl (C=O) groups excluding carboxylic acids is 2. The third-order valence-corrected chi connectivity index (χ3v) is 6.45. The van der Waals surface area contributed by atoms with Crippen molar-refractivity contribution in [3.05, 3.63) is 70.8 Å². The van der Waals surface area contributed by atoms with E-state index in [1.165, 1.54) is 5.56 Å². The molecule has 33 heavy (non-hydrogen) atoms. The first kappa shape index (κ1) is 23.5. The molecule has 2 aliphatic rings. The van der Waals surface area contributed by atoms with Crippen LogP contribution in [-0.2, 0) is 16.1 Å². The molecule has 174 valence electrons. The van der Waals surface area contributed by atoms with Gasteiger partial charge in [0, 0.05) is 48.5 Å². The Bertz CT molecular complexity index is 1010. The summed E-state index contributed by atoms with van der Waals surface area (Å²) in [5.41, 5.74) is 2.67. The van der Waals surface area contributed by atoms with Crippen molar-refractivity contribution < 1.29 is 9.59 Å². The van der Waals surface area contributed by atoms with Crippen LogP contribution in [0.25, 0.3) is 6.08 Å². The number of nitrogens with zero attached hydrogens (tertiary/aromatic N) is 3. The molecule has 0 aromatic heterocycles. The number of piperazine rings is 1. The fourth-order valence-electron chi connectivity index (χ4n) is 4.83.